The summed E-state index contributed by atoms with van der Waals surface area (Å²) < 4.78 is 19.9. The van der Waals surface area contributed by atoms with Crippen molar-refractivity contribution >= 4 is 5.82 Å². The van der Waals surface area contributed by atoms with Crippen molar-refractivity contribution in [1.82, 2.24) is 9.78 Å². The van der Waals surface area contributed by atoms with Gasteiger partial charge in [-0.2, -0.15) is 5.10 Å². The number of hydrogen-bond donors (Lipinski definition) is 1. The van der Waals surface area contributed by atoms with Gasteiger partial charge in [0.2, 0.25) is 0 Å². The average molecular weight is 235 g/mol. The second-order valence-electron chi connectivity index (χ2n) is 3.82. The van der Waals surface area contributed by atoms with Crippen molar-refractivity contribution in [2.45, 2.75) is 6.61 Å². The van der Waals surface area contributed by atoms with Crippen molar-refractivity contribution in [2.24, 2.45) is 7.05 Å². The van der Waals surface area contributed by atoms with Gasteiger partial charge in [-0.1, -0.05) is 0 Å². The van der Waals surface area contributed by atoms with Crippen LogP contribution in [0.2, 0.25) is 0 Å². The zero-order chi connectivity index (χ0) is 12.4. The SMILES string of the molecule is COCc1cc(-c2cc(N)n(C)n2)ccc1F. The van der Waals surface area contributed by atoms with E-state index in [0.29, 0.717) is 11.4 Å². The molecule has 0 spiro atoms. The Morgan fingerprint density at radius 1 is 1.41 bits per heavy atom. The van der Waals surface area contributed by atoms with Crippen LogP contribution in [0.3, 0.4) is 0 Å². The molecule has 0 aliphatic rings. The van der Waals surface area contributed by atoms with Gasteiger partial charge in [0, 0.05) is 31.4 Å². The summed E-state index contributed by atoms with van der Waals surface area (Å²) in [5.74, 6) is 0.289. The van der Waals surface area contributed by atoms with Gasteiger partial charge in [0.15, 0.2) is 0 Å². The van der Waals surface area contributed by atoms with E-state index >= 15 is 0 Å². The van der Waals surface area contributed by atoms with E-state index in [1.54, 1.807) is 29.9 Å². The molecule has 0 saturated heterocycles. The maximum Gasteiger partial charge on any atom is 0.128 e. The van der Waals surface area contributed by atoms with Crippen LogP contribution in [-0.4, -0.2) is 16.9 Å². The minimum Gasteiger partial charge on any atom is -0.384 e. The fourth-order valence-electron chi connectivity index (χ4n) is 1.62. The Morgan fingerprint density at radius 3 is 2.76 bits per heavy atom. The summed E-state index contributed by atoms with van der Waals surface area (Å²) >= 11 is 0. The van der Waals surface area contributed by atoms with Crippen LogP contribution < -0.4 is 5.73 Å². The summed E-state index contributed by atoms with van der Waals surface area (Å²) in [7, 11) is 3.29. The van der Waals surface area contributed by atoms with Gasteiger partial charge in [0.05, 0.1) is 12.3 Å². The first kappa shape index (κ1) is 11.6. The lowest BCUT2D eigenvalue weighted by atomic mass is 10.1. The highest BCUT2D eigenvalue weighted by Crippen LogP contribution is 2.22. The van der Waals surface area contributed by atoms with Gasteiger partial charge in [-0.05, 0) is 18.2 Å². The van der Waals surface area contributed by atoms with Crippen LogP contribution in [0, 0.1) is 5.82 Å². The Hall–Kier alpha value is -1.88. The zero-order valence-electron chi connectivity index (χ0n) is 9.77. The first-order chi connectivity index (χ1) is 8.11. The van der Waals surface area contributed by atoms with E-state index in [-0.39, 0.29) is 12.4 Å². The standard InChI is InChI=1S/C12H14FN3O/c1-16-12(14)6-11(15-16)8-3-4-10(13)9(5-8)7-17-2/h3-6H,7,14H2,1-2H3. The van der Waals surface area contributed by atoms with Gasteiger partial charge in [-0.25, -0.2) is 4.39 Å². The molecular weight excluding hydrogens is 221 g/mol. The summed E-state index contributed by atoms with van der Waals surface area (Å²) in [5, 5.41) is 4.24. The third kappa shape index (κ3) is 2.29. The molecular formula is C12H14FN3O. The van der Waals surface area contributed by atoms with Gasteiger partial charge in [-0.3, -0.25) is 4.68 Å². The van der Waals surface area contributed by atoms with Crippen molar-refractivity contribution in [3.63, 3.8) is 0 Å². The van der Waals surface area contributed by atoms with Crippen LogP contribution in [0.15, 0.2) is 24.3 Å². The molecule has 90 valence electrons. The lowest BCUT2D eigenvalue weighted by molar-refractivity contribution is 0.181. The number of methoxy groups -OCH3 is 1. The maximum absolute atomic E-state index is 13.4. The minimum absolute atomic E-state index is 0.238. The number of aromatic nitrogens is 2. The van der Waals surface area contributed by atoms with Crippen LogP contribution in [0.1, 0.15) is 5.56 Å². The van der Waals surface area contributed by atoms with Crippen molar-refractivity contribution in [1.29, 1.82) is 0 Å². The van der Waals surface area contributed by atoms with Gasteiger partial charge in [0.25, 0.3) is 0 Å². The predicted octanol–water partition coefficient (Wildman–Crippen LogP) is 1.95. The van der Waals surface area contributed by atoms with E-state index in [1.807, 2.05) is 0 Å². The fraction of sp³-hybridized carbons (Fsp3) is 0.250. The van der Waals surface area contributed by atoms with E-state index in [4.69, 9.17) is 10.5 Å². The van der Waals surface area contributed by atoms with Gasteiger partial charge in [0.1, 0.15) is 11.6 Å². The monoisotopic (exact) mass is 235 g/mol. The van der Waals surface area contributed by atoms with Crippen molar-refractivity contribution in [3.8, 4) is 11.3 Å². The Kier molecular flexibility index (Phi) is 3.10. The third-order valence-corrected chi connectivity index (χ3v) is 2.56. The van der Waals surface area contributed by atoms with Crippen molar-refractivity contribution in [3.05, 3.63) is 35.6 Å². The molecule has 4 nitrogen and oxygen atoms in total. The van der Waals surface area contributed by atoms with E-state index in [2.05, 4.69) is 5.10 Å². The van der Waals surface area contributed by atoms with Crippen LogP contribution >= 0.6 is 0 Å². The van der Waals surface area contributed by atoms with Crippen LogP contribution in [0.4, 0.5) is 10.2 Å². The number of anilines is 1. The largest absolute Gasteiger partial charge is 0.384 e. The second kappa shape index (κ2) is 4.55. The number of rotatable bonds is 3. The van der Waals surface area contributed by atoms with E-state index in [1.165, 1.54) is 13.2 Å². The van der Waals surface area contributed by atoms with E-state index < -0.39 is 0 Å². The number of ether oxygens (including phenoxy) is 1. The Balaban J connectivity index is 2.42. The van der Waals surface area contributed by atoms with Gasteiger partial charge >= 0.3 is 0 Å². The molecule has 0 bridgehead atoms. The number of halogens is 1. The summed E-state index contributed by atoms with van der Waals surface area (Å²) in [6.45, 7) is 0.238. The molecule has 0 aliphatic carbocycles. The molecule has 1 heterocycles. The molecule has 1 aromatic heterocycles. The molecule has 0 amide bonds. The first-order valence-electron chi connectivity index (χ1n) is 5.19. The van der Waals surface area contributed by atoms with Crippen LogP contribution in [0.25, 0.3) is 11.3 Å². The van der Waals surface area contributed by atoms with Gasteiger partial charge < -0.3 is 10.5 Å². The number of aryl methyl sites for hydroxylation is 1. The molecule has 2 rings (SSSR count). The second-order valence-corrected chi connectivity index (χ2v) is 3.82. The van der Waals surface area contributed by atoms with E-state index in [0.717, 1.165) is 11.3 Å². The zero-order valence-corrected chi connectivity index (χ0v) is 9.77. The molecule has 17 heavy (non-hydrogen) atoms. The van der Waals surface area contributed by atoms with Crippen LogP contribution in [-0.2, 0) is 18.4 Å². The molecule has 2 aromatic rings. The summed E-state index contributed by atoms with van der Waals surface area (Å²) in [6, 6.07) is 6.56. The highest BCUT2D eigenvalue weighted by molar-refractivity contribution is 5.63. The van der Waals surface area contributed by atoms with Crippen molar-refractivity contribution in [2.75, 3.05) is 12.8 Å². The highest BCUT2D eigenvalue weighted by atomic mass is 19.1. The normalized spacial score (nSPS) is 10.8. The predicted molar refractivity (Wildman–Crippen MR) is 63.7 cm³/mol. The Morgan fingerprint density at radius 2 is 2.18 bits per heavy atom. The maximum atomic E-state index is 13.4. The summed E-state index contributed by atoms with van der Waals surface area (Å²) in [5.41, 5.74) is 7.76. The van der Waals surface area contributed by atoms with E-state index in [9.17, 15) is 4.39 Å². The van der Waals surface area contributed by atoms with Gasteiger partial charge in [-0.15, -0.1) is 0 Å². The number of benzene rings is 1. The molecule has 0 radical (unpaired) electrons. The molecule has 0 fully saturated rings. The molecule has 5 heteroatoms. The lowest BCUT2D eigenvalue weighted by Crippen LogP contribution is -1.97. The molecule has 2 N–H and O–H groups in total. The molecule has 1 aromatic carbocycles. The summed E-state index contributed by atoms with van der Waals surface area (Å²) in [6.07, 6.45) is 0. The number of nitrogen functional groups attached to an aromatic ring is 1. The van der Waals surface area contributed by atoms with Crippen LogP contribution in [0.5, 0.6) is 0 Å². The molecule has 0 unspecified atom stereocenters. The quantitative estimate of drug-likeness (QED) is 0.884. The number of nitrogens with zero attached hydrogens (tertiary/aromatic N) is 2. The summed E-state index contributed by atoms with van der Waals surface area (Å²) in [4.78, 5) is 0. The average Bonchev–Trinajstić information content (AvgIpc) is 2.63. The molecule has 0 aliphatic heterocycles. The Labute approximate surface area is 98.8 Å². The fourth-order valence-corrected chi connectivity index (χ4v) is 1.62. The topological polar surface area (TPSA) is 53.1 Å². The number of nitrogens with two attached hydrogens (primary N) is 1. The third-order valence-electron chi connectivity index (χ3n) is 2.56. The number of hydrogen-bond acceptors (Lipinski definition) is 3. The highest BCUT2D eigenvalue weighted by Gasteiger charge is 2.08. The molecule has 0 atom stereocenters. The van der Waals surface area contributed by atoms with Crippen molar-refractivity contribution < 1.29 is 9.13 Å². The first-order valence-corrected chi connectivity index (χ1v) is 5.19. The lowest BCUT2D eigenvalue weighted by Gasteiger charge is -2.04. The minimum atomic E-state index is -0.278. The molecule has 0 saturated carbocycles. The smallest absolute Gasteiger partial charge is 0.128 e. The Bertz CT molecular complexity index is 517.